The second-order valence-corrected chi connectivity index (χ2v) is 5.19. The average molecular weight is 219 g/mol. The Labute approximate surface area is 96.1 Å². The average Bonchev–Trinajstić information content (AvgIpc) is 2.65. The van der Waals surface area contributed by atoms with E-state index in [9.17, 15) is 4.39 Å². The van der Waals surface area contributed by atoms with E-state index < -0.39 is 0 Å². The van der Waals surface area contributed by atoms with Crippen LogP contribution < -0.4 is 5.32 Å². The smallest absolute Gasteiger partial charge is 0.127 e. The summed E-state index contributed by atoms with van der Waals surface area (Å²) in [5.74, 6) is 0.0168. The van der Waals surface area contributed by atoms with Gasteiger partial charge in [0.25, 0.3) is 0 Å². The van der Waals surface area contributed by atoms with Gasteiger partial charge >= 0.3 is 0 Å². The van der Waals surface area contributed by atoms with Gasteiger partial charge in [0.1, 0.15) is 5.82 Å². The highest BCUT2D eigenvalue weighted by atomic mass is 19.1. The second-order valence-electron chi connectivity index (χ2n) is 5.19. The summed E-state index contributed by atoms with van der Waals surface area (Å²) in [7, 11) is 0. The van der Waals surface area contributed by atoms with Crippen LogP contribution in [0.15, 0.2) is 18.2 Å². The summed E-state index contributed by atoms with van der Waals surface area (Å²) in [6.45, 7) is 1.94. The van der Waals surface area contributed by atoms with Crippen LogP contribution in [0.1, 0.15) is 36.8 Å². The SMILES string of the molecule is Fc1cccc2c1C1(CCCC1)CNCC2. The quantitative estimate of drug-likeness (QED) is 0.707. The van der Waals surface area contributed by atoms with Crippen LogP contribution in [0.5, 0.6) is 0 Å². The highest BCUT2D eigenvalue weighted by Crippen LogP contribution is 2.44. The van der Waals surface area contributed by atoms with Gasteiger partial charge in [0.05, 0.1) is 0 Å². The highest BCUT2D eigenvalue weighted by Gasteiger charge is 2.39. The molecule has 2 aliphatic rings. The van der Waals surface area contributed by atoms with Gasteiger partial charge in [-0.2, -0.15) is 0 Å². The number of fused-ring (bicyclic) bond motifs is 2. The Bertz CT molecular complexity index is 394. The molecule has 1 aromatic carbocycles. The van der Waals surface area contributed by atoms with E-state index in [1.54, 1.807) is 6.07 Å². The Kier molecular flexibility index (Phi) is 2.47. The number of nitrogens with one attached hydrogen (secondary N) is 1. The lowest BCUT2D eigenvalue weighted by atomic mass is 9.76. The third-order valence-electron chi connectivity index (χ3n) is 4.23. The van der Waals surface area contributed by atoms with Crippen molar-refractivity contribution < 1.29 is 4.39 Å². The molecule has 3 rings (SSSR count). The molecule has 0 bridgehead atoms. The van der Waals surface area contributed by atoms with Crippen molar-refractivity contribution in [2.45, 2.75) is 37.5 Å². The molecule has 0 atom stereocenters. The van der Waals surface area contributed by atoms with Crippen molar-refractivity contribution in [1.82, 2.24) is 5.32 Å². The zero-order valence-electron chi connectivity index (χ0n) is 9.56. The Hall–Kier alpha value is -0.890. The Morgan fingerprint density at radius 1 is 1.19 bits per heavy atom. The summed E-state index contributed by atoms with van der Waals surface area (Å²) < 4.78 is 14.1. The van der Waals surface area contributed by atoms with E-state index >= 15 is 0 Å². The van der Waals surface area contributed by atoms with Gasteiger partial charge in [0.15, 0.2) is 0 Å². The second kappa shape index (κ2) is 3.85. The van der Waals surface area contributed by atoms with E-state index in [-0.39, 0.29) is 11.2 Å². The maximum absolute atomic E-state index is 14.1. The molecular formula is C14H18FN. The minimum absolute atomic E-state index is 0.0168. The van der Waals surface area contributed by atoms with Crippen LogP contribution in [0, 0.1) is 5.82 Å². The van der Waals surface area contributed by atoms with Gasteiger partial charge in [-0.15, -0.1) is 0 Å². The molecule has 86 valence electrons. The summed E-state index contributed by atoms with van der Waals surface area (Å²) in [5, 5.41) is 3.49. The zero-order chi connectivity index (χ0) is 11.0. The first-order valence-electron chi connectivity index (χ1n) is 6.30. The van der Waals surface area contributed by atoms with Crippen molar-refractivity contribution in [3.63, 3.8) is 0 Å². The molecule has 0 saturated heterocycles. The van der Waals surface area contributed by atoms with E-state index in [0.29, 0.717) is 0 Å². The van der Waals surface area contributed by atoms with Crippen molar-refractivity contribution in [3.05, 3.63) is 35.1 Å². The highest BCUT2D eigenvalue weighted by molar-refractivity contribution is 5.38. The van der Waals surface area contributed by atoms with Gasteiger partial charge in [0, 0.05) is 12.0 Å². The lowest BCUT2D eigenvalue weighted by Crippen LogP contribution is -2.35. The van der Waals surface area contributed by atoms with Crippen molar-refractivity contribution in [3.8, 4) is 0 Å². The van der Waals surface area contributed by atoms with Crippen molar-refractivity contribution >= 4 is 0 Å². The monoisotopic (exact) mass is 219 g/mol. The Balaban J connectivity index is 2.15. The van der Waals surface area contributed by atoms with Gasteiger partial charge in [-0.25, -0.2) is 4.39 Å². The van der Waals surface area contributed by atoms with Gasteiger partial charge in [-0.05, 0) is 43.0 Å². The van der Waals surface area contributed by atoms with Gasteiger partial charge in [-0.3, -0.25) is 0 Å². The molecule has 1 fully saturated rings. The van der Waals surface area contributed by atoms with Crippen LogP contribution in [0.2, 0.25) is 0 Å². The molecule has 1 saturated carbocycles. The van der Waals surface area contributed by atoms with Crippen molar-refractivity contribution in [1.29, 1.82) is 0 Å². The molecule has 0 aromatic heterocycles. The van der Waals surface area contributed by atoms with E-state index in [0.717, 1.165) is 37.9 Å². The standard InChI is InChI=1S/C14H18FN/c15-12-5-3-4-11-6-9-16-10-14(13(11)12)7-1-2-8-14/h3-5,16H,1-2,6-10H2. The molecule has 1 aliphatic carbocycles. The van der Waals surface area contributed by atoms with Crippen molar-refractivity contribution in [2.24, 2.45) is 0 Å². The van der Waals surface area contributed by atoms with Crippen LogP contribution >= 0.6 is 0 Å². The number of hydrogen-bond acceptors (Lipinski definition) is 1. The minimum atomic E-state index is 0.0168. The summed E-state index contributed by atoms with van der Waals surface area (Å²) in [5.41, 5.74) is 2.35. The zero-order valence-corrected chi connectivity index (χ0v) is 9.56. The van der Waals surface area contributed by atoms with Crippen LogP contribution in [0.25, 0.3) is 0 Å². The minimum Gasteiger partial charge on any atom is -0.316 e. The molecule has 1 N–H and O–H groups in total. The summed E-state index contributed by atoms with van der Waals surface area (Å²) in [6.07, 6.45) is 5.75. The molecule has 1 nitrogen and oxygen atoms in total. The number of halogens is 1. The van der Waals surface area contributed by atoms with Crippen LogP contribution in [0.4, 0.5) is 4.39 Å². The first kappa shape index (κ1) is 10.3. The third-order valence-corrected chi connectivity index (χ3v) is 4.23. The topological polar surface area (TPSA) is 12.0 Å². The third kappa shape index (κ3) is 1.47. The van der Waals surface area contributed by atoms with Crippen LogP contribution in [-0.2, 0) is 11.8 Å². The lowest BCUT2D eigenvalue weighted by Gasteiger charge is -2.30. The molecule has 0 amide bonds. The predicted octanol–water partition coefficient (Wildman–Crippen LogP) is 2.78. The Morgan fingerprint density at radius 2 is 2.00 bits per heavy atom. The molecular weight excluding hydrogens is 201 g/mol. The van der Waals surface area contributed by atoms with E-state index in [4.69, 9.17) is 0 Å². The molecule has 16 heavy (non-hydrogen) atoms. The van der Waals surface area contributed by atoms with Gasteiger partial charge in [0.2, 0.25) is 0 Å². The van der Waals surface area contributed by atoms with Gasteiger partial charge < -0.3 is 5.32 Å². The summed E-state index contributed by atoms with van der Waals surface area (Å²) in [4.78, 5) is 0. The molecule has 0 radical (unpaired) electrons. The fourth-order valence-corrected chi connectivity index (χ4v) is 3.49. The number of rotatable bonds is 0. The summed E-state index contributed by atoms with van der Waals surface area (Å²) >= 11 is 0. The molecule has 2 heteroatoms. The fourth-order valence-electron chi connectivity index (χ4n) is 3.49. The number of benzene rings is 1. The maximum Gasteiger partial charge on any atom is 0.127 e. The molecule has 1 heterocycles. The van der Waals surface area contributed by atoms with E-state index in [1.165, 1.54) is 18.4 Å². The fraction of sp³-hybridized carbons (Fsp3) is 0.571. The molecule has 1 aromatic rings. The van der Waals surface area contributed by atoms with E-state index in [1.807, 2.05) is 6.07 Å². The Morgan fingerprint density at radius 3 is 2.81 bits per heavy atom. The van der Waals surface area contributed by atoms with Crippen LogP contribution in [-0.4, -0.2) is 13.1 Å². The number of hydrogen-bond donors (Lipinski definition) is 1. The first-order chi connectivity index (χ1) is 7.82. The first-order valence-corrected chi connectivity index (χ1v) is 6.30. The van der Waals surface area contributed by atoms with Crippen molar-refractivity contribution in [2.75, 3.05) is 13.1 Å². The van der Waals surface area contributed by atoms with E-state index in [2.05, 4.69) is 11.4 Å². The maximum atomic E-state index is 14.1. The molecule has 1 spiro atoms. The largest absolute Gasteiger partial charge is 0.316 e. The molecule has 1 aliphatic heterocycles. The normalized spacial score (nSPS) is 23.1. The molecule has 0 unspecified atom stereocenters. The summed E-state index contributed by atoms with van der Waals surface area (Å²) in [6, 6.07) is 5.58. The lowest BCUT2D eigenvalue weighted by molar-refractivity contribution is 0.400. The van der Waals surface area contributed by atoms with Crippen LogP contribution in [0.3, 0.4) is 0 Å². The van der Waals surface area contributed by atoms with Gasteiger partial charge in [-0.1, -0.05) is 25.0 Å². The predicted molar refractivity (Wildman–Crippen MR) is 63.1 cm³/mol.